The molecule has 0 nitrogen and oxygen atoms in total. The van der Waals surface area contributed by atoms with Gasteiger partial charge in [0.15, 0.2) is 5.83 Å². The quantitative estimate of drug-likeness (QED) is 0.323. The van der Waals surface area contributed by atoms with Crippen molar-refractivity contribution in [3.05, 3.63) is 23.8 Å². The molecule has 0 amide bonds. The monoisotopic (exact) mass is 204 g/mol. The van der Waals surface area contributed by atoms with Crippen LogP contribution < -0.4 is 0 Å². The Morgan fingerprint density at radius 3 is 1.92 bits per heavy atom. The summed E-state index contributed by atoms with van der Waals surface area (Å²) in [5.74, 6) is -8.88. The summed E-state index contributed by atoms with van der Waals surface area (Å²) in [5.41, 5.74) is 0. The third-order valence-electron chi connectivity index (χ3n) is 1.28. The van der Waals surface area contributed by atoms with Crippen LogP contribution in [0.15, 0.2) is 23.8 Å². The lowest BCUT2D eigenvalue weighted by Crippen LogP contribution is -2.26. The molecule has 1 aliphatic carbocycles. The number of alkyl halides is 4. The molecular formula is C6H2ClF5. The van der Waals surface area contributed by atoms with E-state index in [1.165, 1.54) is 0 Å². The van der Waals surface area contributed by atoms with Gasteiger partial charge in [0, 0.05) is 0 Å². The summed E-state index contributed by atoms with van der Waals surface area (Å²) in [7, 11) is 0. The molecule has 0 aromatic heterocycles. The van der Waals surface area contributed by atoms with Crippen LogP contribution in [0.3, 0.4) is 0 Å². The van der Waals surface area contributed by atoms with E-state index in [0.29, 0.717) is 0 Å². The summed E-state index contributed by atoms with van der Waals surface area (Å²) in [6, 6.07) is 0. The van der Waals surface area contributed by atoms with Crippen molar-refractivity contribution >= 4 is 11.6 Å². The van der Waals surface area contributed by atoms with Gasteiger partial charge in [-0.25, -0.2) is 13.2 Å². The van der Waals surface area contributed by atoms with Gasteiger partial charge in [-0.3, -0.25) is 0 Å². The molecule has 0 spiro atoms. The lowest BCUT2D eigenvalue weighted by atomic mass is 10.1. The SMILES string of the molecule is FC1=C(F)C(F)(Cl)C=CC1(F)F. The van der Waals surface area contributed by atoms with Crippen molar-refractivity contribution in [1.29, 1.82) is 0 Å². The van der Waals surface area contributed by atoms with Crippen LogP contribution in [0.2, 0.25) is 0 Å². The second-order valence-corrected chi connectivity index (χ2v) is 2.76. The van der Waals surface area contributed by atoms with E-state index >= 15 is 0 Å². The molecular weight excluding hydrogens is 203 g/mol. The van der Waals surface area contributed by atoms with E-state index in [1.807, 2.05) is 0 Å². The fraction of sp³-hybridized carbons (Fsp3) is 0.333. The number of hydrogen-bond donors (Lipinski definition) is 0. The topological polar surface area (TPSA) is 0 Å². The molecule has 0 fully saturated rings. The first-order valence-electron chi connectivity index (χ1n) is 2.79. The van der Waals surface area contributed by atoms with E-state index in [1.54, 1.807) is 0 Å². The summed E-state index contributed by atoms with van der Waals surface area (Å²) in [6.07, 6.45) is -0.0641. The van der Waals surface area contributed by atoms with Gasteiger partial charge in [0.2, 0.25) is 5.83 Å². The smallest absolute Gasteiger partial charge is 0.213 e. The summed E-state index contributed by atoms with van der Waals surface area (Å²) < 4.78 is 61.5. The molecule has 1 rings (SSSR count). The van der Waals surface area contributed by atoms with Gasteiger partial charge in [-0.2, -0.15) is 8.78 Å². The van der Waals surface area contributed by atoms with Gasteiger partial charge in [0.25, 0.3) is 5.13 Å². The molecule has 0 heterocycles. The second kappa shape index (κ2) is 2.45. The van der Waals surface area contributed by atoms with Crippen LogP contribution in [0, 0.1) is 0 Å². The Kier molecular flexibility index (Phi) is 1.94. The van der Waals surface area contributed by atoms with E-state index < -0.39 is 22.7 Å². The molecule has 0 aliphatic heterocycles. The first-order valence-corrected chi connectivity index (χ1v) is 3.17. The second-order valence-electron chi connectivity index (χ2n) is 2.21. The summed E-state index contributed by atoms with van der Waals surface area (Å²) in [5, 5.41) is -3.29. The predicted octanol–water partition coefficient (Wildman–Crippen LogP) is 3.25. The molecule has 1 atom stereocenters. The van der Waals surface area contributed by atoms with E-state index in [2.05, 4.69) is 11.6 Å². The predicted molar refractivity (Wildman–Crippen MR) is 33.0 cm³/mol. The van der Waals surface area contributed by atoms with Gasteiger partial charge in [-0.15, -0.1) is 0 Å². The van der Waals surface area contributed by atoms with E-state index in [-0.39, 0.29) is 12.2 Å². The maximum Gasteiger partial charge on any atom is 0.320 e. The molecule has 0 aromatic rings. The van der Waals surface area contributed by atoms with E-state index in [0.717, 1.165) is 0 Å². The lowest BCUT2D eigenvalue weighted by Gasteiger charge is -2.20. The molecule has 0 radical (unpaired) electrons. The zero-order chi connectivity index (χ0) is 9.57. The first kappa shape index (κ1) is 9.51. The summed E-state index contributed by atoms with van der Waals surface area (Å²) in [4.78, 5) is 0. The molecule has 1 unspecified atom stereocenters. The molecule has 12 heavy (non-hydrogen) atoms. The minimum absolute atomic E-state index is 0.0625. The van der Waals surface area contributed by atoms with Crippen molar-refractivity contribution < 1.29 is 22.0 Å². The third kappa shape index (κ3) is 1.33. The Morgan fingerprint density at radius 1 is 1.00 bits per heavy atom. The van der Waals surface area contributed by atoms with Crippen molar-refractivity contribution in [2.24, 2.45) is 0 Å². The lowest BCUT2D eigenvalue weighted by molar-refractivity contribution is 0.0563. The average molecular weight is 205 g/mol. The number of rotatable bonds is 0. The number of allylic oxidation sites excluding steroid dienone is 4. The molecule has 0 saturated carbocycles. The Morgan fingerprint density at radius 2 is 1.50 bits per heavy atom. The highest BCUT2D eigenvalue weighted by molar-refractivity contribution is 6.26. The minimum atomic E-state index is -4.10. The Balaban J connectivity index is 3.18. The molecule has 6 heteroatoms. The Hall–Kier alpha value is -0.580. The third-order valence-corrected chi connectivity index (χ3v) is 1.57. The van der Waals surface area contributed by atoms with Crippen LogP contribution >= 0.6 is 11.6 Å². The zero-order valence-corrected chi connectivity index (χ0v) is 6.18. The maximum atomic E-state index is 12.5. The Bertz CT molecular complexity index is 239. The highest BCUT2D eigenvalue weighted by atomic mass is 35.5. The molecule has 68 valence electrons. The van der Waals surface area contributed by atoms with Crippen LogP contribution in [0.5, 0.6) is 0 Å². The van der Waals surface area contributed by atoms with Crippen LogP contribution in [0.4, 0.5) is 22.0 Å². The van der Waals surface area contributed by atoms with Crippen molar-refractivity contribution in [3.8, 4) is 0 Å². The van der Waals surface area contributed by atoms with Gasteiger partial charge in [-0.1, -0.05) is 11.6 Å². The standard InChI is InChI=1S/C6H2ClF5/c7-5(10)1-2-6(11,12)4(9)3(5)8/h1-2H. The zero-order valence-electron chi connectivity index (χ0n) is 5.42. The van der Waals surface area contributed by atoms with Crippen LogP contribution in [0.1, 0.15) is 0 Å². The molecule has 0 N–H and O–H groups in total. The molecule has 0 bridgehead atoms. The fourth-order valence-electron chi connectivity index (χ4n) is 0.648. The largest absolute Gasteiger partial charge is 0.320 e. The van der Waals surface area contributed by atoms with Crippen LogP contribution in [-0.4, -0.2) is 11.1 Å². The van der Waals surface area contributed by atoms with E-state index in [4.69, 9.17) is 0 Å². The minimum Gasteiger partial charge on any atom is -0.213 e. The first-order chi connectivity index (χ1) is 5.27. The van der Waals surface area contributed by atoms with Crippen molar-refractivity contribution in [1.82, 2.24) is 0 Å². The number of halogens is 6. The van der Waals surface area contributed by atoms with Gasteiger partial charge in [0.05, 0.1) is 0 Å². The summed E-state index contributed by atoms with van der Waals surface area (Å²) >= 11 is 4.68. The van der Waals surface area contributed by atoms with Crippen LogP contribution in [-0.2, 0) is 0 Å². The average Bonchev–Trinajstić information content (AvgIpc) is 1.96. The summed E-state index contributed by atoms with van der Waals surface area (Å²) in [6.45, 7) is 0. The van der Waals surface area contributed by atoms with Crippen molar-refractivity contribution in [2.75, 3.05) is 0 Å². The molecule has 0 aromatic carbocycles. The van der Waals surface area contributed by atoms with Crippen molar-refractivity contribution in [2.45, 2.75) is 11.1 Å². The number of hydrogen-bond acceptors (Lipinski definition) is 0. The molecule has 1 aliphatic rings. The van der Waals surface area contributed by atoms with Crippen LogP contribution in [0.25, 0.3) is 0 Å². The molecule has 0 saturated heterocycles. The van der Waals surface area contributed by atoms with Gasteiger partial charge < -0.3 is 0 Å². The maximum absolute atomic E-state index is 12.5. The van der Waals surface area contributed by atoms with Gasteiger partial charge >= 0.3 is 5.92 Å². The highest BCUT2D eigenvalue weighted by Crippen LogP contribution is 2.43. The fourth-order valence-corrected chi connectivity index (χ4v) is 0.794. The normalized spacial score (nSPS) is 34.2. The van der Waals surface area contributed by atoms with Gasteiger partial charge in [0.1, 0.15) is 0 Å². The Labute approximate surface area is 69.3 Å². The van der Waals surface area contributed by atoms with Gasteiger partial charge in [-0.05, 0) is 12.2 Å². The van der Waals surface area contributed by atoms with E-state index in [9.17, 15) is 22.0 Å². The highest BCUT2D eigenvalue weighted by Gasteiger charge is 2.47. The van der Waals surface area contributed by atoms with Crippen molar-refractivity contribution in [3.63, 3.8) is 0 Å².